The molecule has 3 rings (SSSR count). The summed E-state index contributed by atoms with van der Waals surface area (Å²) in [4.78, 5) is 27.4. The lowest BCUT2D eigenvalue weighted by Gasteiger charge is -2.39. The molecular formula is C27H36N2O3. The summed E-state index contributed by atoms with van der Waals surface area (Å²) < 4.78 is 6.01. The van der Waals surface area contributed by atoms with E-state index in [4.69, 9.17) is 4.74 Å². The van der Waals surface area contributed by atoms with Crippen LogP contribution in [0.25, 0.3) is 0 Å². The van der Waals surface area contributed by atoms with Crippen molar-refractivity contribution in [3.8, 4) is 5.75 Å². The maximum Gasteiger partial charge on any atom is 0.260 e. The highest BCUT2D eigenvalue weighted by Gasteiger charge is 2.33. The van der Waals surface area contributed by atoms with Gasteiger partial charge >= 0.3 is 0 Å². The average Bonchev–Trinajstić information content (AvgIpc) is 2.77. The molecule has 1 heterocycles. The SMILES string of the molecule is CC(C)CCNC(=O)[C@H](C)Oc1ccc2c(c1)[C@@H](c1ccccc1)N(C(=O)C(C)C)CC2. The van der Waals surface area contributed by atoms with Gasteiger partial charge in [0, 0.05) is 19.0 Å². The van der Waals surface area contributed by atoms with Crippen molar-refractivity contribution in [2.75, 3.05) is 13.1 Å². The number of hydrogen-bond donors (Lipinski definition) is 1. The highest BCUT2D eigenvalue weighted by molar-refractivity contribution is 5.81. The number of rotatable bonds is 8. The molecule has 0 fully saturated rings. The normalized spacial score (nSPS) is 16.6. The van der Waals surface area contributed by atoms with Crippen LogP contribution in [-0.4, -0.2) is 35.9 Å². The van der Waals surface area contributed by atoms with Crippen molar-refractivity contribution >= 4 is 11.8 Å². The van der Waals surface area contributed by atoms with Crippen LogP contribution in [-0.2, 0) is 16.0 Å². The first-order valence-electron chi connectivity index (χ1n) is 11.7. The summed E-state index contributed by atoms with van der Waals surface area (Å²) in [5, 5.41) is 2.95. The average molecular weight is 437 g/mol. The van der Waals surface area contributed by atoms with E-state index in [1.807, 2.05) is 49.1 Å². The number of fused-ring (bicyclic) bond motifs is 1. The zero-order chi connectivity index (χ0) is 23.3. The fourth-order valence-corrected chi connectivity index (χ4v) is 4.12. The number of ether oxygens (including phenoxy) is 1. The van der Waals surface area contributed by atoms with Gasteiger partial charge in [0.15, 0.2) is 6.10 Å². The minimum atomic E-state index is -0.590. The first-order valence-corrected chi connectivity index (χ1v) is 11.7. The molecule has 2 aromatic carbocycles. The van der Waals surface area contributed by atoms with Crippen molar-refractivity contribution in [1.29, 1.82) is 0 Å². The van der Waals surface area contributed by atoms with Gasteiger partial charge in [0.2, 0.25) is 5.91 Å². The topological polar surface area (TPSA) is 58.6 Å². The van der Waals surface area contributed by atoms with Gasteiger partial charge in [-0.2, -0.15) is 0 Å². The van der Waals surface area contributed by atoms with Crippen LogP contribution >= 0.6 is 0 Å². The lowest BCUT2D eigenvalue weighted by molar-refractivity contribution is -0.136. The van der Waals surface area contributed by atoms with Gasteiger partial charge in [0.1, 0.15) is 5.75 Å². The summed E-state index contributed by atoms with van der Waals surface area (Å²) >= 11 is 0. The quantitative estimate of drug-likeness (QED) is 0.650. The highest BCUT2D eigenvalue weighted by Crippen LogP contribution is 2.38. The standard InChI is InChI=1S/C27H36N2O3/c1-18(2)13-15-28-26(30)20(5)32-23-12-11-21-14-16-29(27(31)19(3)4)25(24(21)17-23)22-9-7-6-8-10-22/h6-12,17-20,25H,13-16H2,1-5H3,(H,28,30)/t20-,25+/m0/s1. The maximum atomic E-state index is 13.0. The van der Waals surface area contributed by atoms with E-state index in [1.165, 1.54) is 5.56 Å². The van der Waals surface area contributed by atoms with Crippen LogP contribution in [0.4, 0.5) is 0 Å². The van der Waals surface area contributed by atoms with Crippen molar-refractivity contribution in [3.05, 3.63) is 65.2 Å². The Labute approximate surface area is 192 Å². The Balaban J connectivity index is 1.85. The summed E-state index contributed by atoms with van der Waals surface area (Å²) in [5.41, 5.74) is 3.37. The van der Waals surface area contributed by atoms with Gasteiger partial charge in [-0.15, -0.1) is 0 Å². The molecule has 0 radical (unpaired) electrons. The number of carbonyl (C=O) groups is 2. The second-order valence-corrected chi connectivity index (χ2v) is 9.34. The first kappa shape index (κ1) is 23.8. The zero-order valence-corrected chi connectivity index (χ0v) is 19.9. The number of carbonyl (C=O) groups excluding carboxylic acids is 2. The molecule has 1 N–H and O–H groups in total. The molecule has 2 atom stereocenters. The van der Waals surface area contributed by atoms with Crippen molar-refractivity contribution in [3.63, 3.8) is 0 Å². The second kappa shape index (κ2) is 10.7. The van der Waals surface area contributed by atoms with Crippen LogP contribution in [0, 0.1) is 11.8 Å². The molecule has 2 amide bonds. The van der Waals surface area contributed by atoms with Crippen LogP contribution in [0.15, 0.2) is 48.5 Å². The van der Waals surface area contributed by atoms with Crippen molar-refractivity contribution < 1.29 is 14.3 Å². The summed E-state index contributed by atoms with van der Waals surface area (Å²) in [6, 6.07) is 16.0. The van der Waals surface area contributed by atoms with Crippen LogP contribution < -0.4 is 10.1 Å². The summed E-state index contributed by atoms with van der Waals surface area (Å²) in [6.07, 6.45) is 1.16. The lowest BCUT2D eigenvalue weighted by atomic mass is 9.87. The van der Waals surface area contributed by atoms with Crippen LogP contribution in [0.5, 0.6) is 5.75 Å². The second-order valence-electron chi connectivity index (χ2n) is 9.34. The number of benzene rings is 2. The summed E-state index contributed by atoms with van der Waals surface area (Å²) in [6.45, 7) is 11.3. The maximum absolute atomic E-state index is 13.0. The minimum Gasteiger partial charge on any atom is -0.481 e. The van der Waals surface area contributed by atoms with Gasteiger partial charge in [-0.25, -0.2) is 0 Å². The Kier molecular flexibility index (Phi) is 7.94. The van der Waals surface area contributed by atoms with Crippen LogP contribution in [0.3, 0.4) is 0 Å². The summed E-state index contributed by atoms with van der Waals surface area (Å²) in [5.74, 6) is 1.15. The molecule has 1 aliphatic heterocycles. The number of amides is 2. The fourth-order valence-electron chi connectivity index (χ4n) is 4.12. The molecule has 5 heteroatoms. The van der Waals surface area contributed by atoms with Crippen molar-refractivity contribution in [1.82, 2.24) is 10.2 Å². The van der Waals surface area contributed by atoms with Crippen LogP contribution in [0.2, 0.25) is 0 Å². The van der Waals surface area contributed by atoms with Gasteiger partial charge in [0.05, 0.1) is 6.04 Å². The molecule has 0 aromatic heterocycles. The van der Waals surface area contributed by atoms with Gasteiger partial charge in [-0.05, 0) is 54.5 Å². The molecule has 0 saturated carbocycles. The molecule has 32 heavy (non-hydrogen) atoms. The zero-order valence-electron chi connectivity index (χ0n) is 19.9. The largest absolute Gasteiger partial charge is 0.481 e. The van der Waals surface area contributed by atoms with E-state index < -0.39 is 6.10 Å². The van der Waals surface area contributed by atoms with E-state index >= 15 is 0 Å². The smallest absolute Gasteiger partial charge is 0.260 e. The lowest BCUT2D eigenvalue weighted by Crippen LogP contribution is -2.42. The van der Waals surface area contributed by atoms with Gasteiger partial charge in [-0.1, -0.05) is 64.1 Å². The molecule has 0 saturated heterocycles. The molecule has 0 aliphatic carbocycles. The van der Waals surface area contributed by atoms with Gasteiger partial charge in [0.25, 0.3) is 5.91 Å². The van der Waals surface area contributed by atoms with E-state index in [2.05, 4.69) is 37.4 Å². The predicted molar refractivity (Wildman–Crippen MR) is 128 cm³/mol. The Bertz CT molecular complexity index is 924. The number of hydrogen-bond acceptors (Lipinski definition) is 3. The molecule has 0 spiro atoms. The first-order chi connectivity index (χ1) is 15.3. The molecule has 1 aliphatic rings. The minimum absolute atomic E-state index is 0.0725. The van der Waals surface area contributed by atoms with Crippen LogP contribution in [0.1, 0.15) is 63.8 Å². The Morgan fingerprint density at radius 2 is 1.78 bits per heavy atom. The molecule has 0 unspecified atom stereocenters. The number of nitrogens with one attached hydrogen (secondary N) is 1. The third kappa shape index (κ3) is 5.70. The predicted octanol–water partition coefficient (Wildman–Crippen LogP) is 4.75. The summed E-state index contributed by atoms with van der Waals surface area (Å²) in [7, 11) is 0. The third-order valence-electron chi connectivity index (χ3n) is 5.94. The third-order valence-corrected chi connectivity index (χ3v) is 5.94. The molecule has 5 nitrogen and oxygen atoms in total. The molecular weight excluding hydrogens is 400 g/mol. The monoisotopic (exact) mass is 436 g/mol. The highest BCUT2D eigenvalue weighted by atomic mass is 16.5. The Hall–Kier alpha value is -2.82. The molecule has 0 bridgehead atoms. The van der Waals surface area contributed by atoms with Crippen molar-refractivity contribution in [2.24, 2.45) is 11.8 Å². The van der Waals surface area contributed by atoms with Crippen molar-refractivity contribution in [2.45, 2.75) is 59.6 Å². The Morgan fingerprint density at radius 3 is 2.44 bits per heavy atom. The van der Waals surface area contributed by atoms with E-state index in [9.17, 15) is 9.59 Å². The van der Waals surface area contributed by atoms with E-state index in [0.29, 0.717) is 24.8 Å². The van der Waals surface area contributed by atoms with E-state index in [-0.39, 0.29) is 23.8 Å². The Morgan fingerprint density at radius 1 is 1.06 bits per heavy atom. The van der Waals surface area contributed by atoms with Gasteiger partial charge in [-0.3, -0.25) is 9.59 Å². The number of nitrogens with zero attached hydrogens (tertiary/aromatic N) is 1. The molecule has 2 aromatic rings. The van der Waals surface area contributed by atoms with E-state index in [0.717, 1.165) is 24.0 Å². The van der Waals surface area contributed by atoms with Gasteiger partial charge < -0.3 is 15.0 Å². The van der Waals surface area contributed by atoms with E-state index in [1.54, 1.807) is 6.92 Å². The molecule has 172 valence electrons. The fraction of sp³-hybridized carbons (Fsp3) is 0.481.